The SMILES string of the molecule is Oc1cccc2cccnc12.c1ccc2[nH]ccc2c1. The van der Waals surface area contributed by atoms with Crippen LogP contribution in [0.5, 0.6) is 5.75 Å². The second-order valence-electron chi connectivity index (χ2n) is 4.42. The van der Waals surface area contributed by atoms with Crippen molar-refractivity contribution in [2.24, 2.45) is 0 Å². The average Bonchev–Trinajstić information content (AvgIpc) is 2.97. The zero-order valence-corrected chi connectivity index (χ0v) is 10.8. The molecule has 0 aliphatic carbocycles. The van der Waals surface area contributed by atoms with Crippen molar-refractivity contribution in [3.63, 3.8) is 0 Å². The number of para-hydroxylation sites is 2. The molecule has 4 rings (SSSR count). The van der Waals surface area contributed by atoms with Gasteiger partial charge in [-0.25, -0.2) is 0 Å². The third-order valence-electron chi connectivity index (χ3n) is 3.07. The summed E-state index contributed by atoms with van der Waals surface area (Å²) in [5.74, 6) is 0.239. The lowest BCUT2D eigenvalue weighted by atomic mass is 10.2. The topological polar surface area (TPSA) is 48.9 Å². The predicted octanol–water partition coefficient (Wildman–Crippen LogP) is 4.11. The van der Waals surface area contributed by atoms with E-state index in [4.69, 9.17) is 0 Å². The fraction of sp³-hybridized carbons (Fsp3) is 0. The molecule has 0 saturated heterocycles. The van der Waals surface area contributed by atoms with Crippen molar-refractivity contribution in [2.45, 2.75) is 0 Å². The zero-order chi connectivity index (χ0) is 13.8. The van der Waals surface area contributed by atoms with Crippen LogP contribution >= 0.6 is 0 Å². The van der Waals surface area contributed by atoms with Gasteiger partial charge in [-0.3, -0.25) is 4.98 Å². The molecule has 2 aromatic heterocycles. The standard InChI is InChI=1S/C9H7NO.C8H7N/c11-8-5-1-3-7-4-2-6-10-9(7)8;1-2-4-8-7(3-1)5-6-9-8/h1-6,11H;1-6,9H. The number of hydrogen-bond acceptors (Lipinski definition) is 2. The highest BCUT2D eigenvalue weighted by molar-refractivity contribution is 5.83. The molecule has 2 N–H and O–H groups in total. The van der Waals surface area contributed by atoms with Crippen LogP contribution in [0.25, 0.3) is 21.8 Å². The number of phenolic OH excluding ortho intramolecular Hbond substituents is 1. The Morgan fingerprint density at radius 2 is 1.60 bits per heavy atom. The van der Waals surface area contributed by atoms with Gasteiger partial charge in [-0.2, -0.15) is 0 Å². The van der Waals surface area contributed by atoms with Crippen molar-refractivity contribution in [2.75, 3.05) is 0 Å². The molecule has 0 fully saturated rings. The molecule has 0 amide bonds. The molecule has 2 aromatic carbocycles. The second-order valence-corrected chi connectivity index (χ2v) is 4.42. The minimum Gasteiger partial charge on any atom is -0.506 e. The average molecular weight is 262 g/mol. The number of hydrogen-bond donors (Lipinski definition) is 2. The minimum atomic E-state index is 0.239. The van der Waals surface area contributed by atoms with Gasteiger partial charge in [0.25, 0.3) is 0 Å². The van der Waals surface area contributed by atoms with E-state index in [2.05, 4.69) is 28.2 Å². The first kappa shape index (κ1) is 12.2. The number of aromatic nitrogens is 2. The molecule has 0 unspecified atom stereocenters. The number of phenols is 1. The first-order valence-electron chi connectivity index (χ1n) is 6.39. The summed E-state index contributed by atoms with van der Waals surface area (Å²) in [7, 11) is 0. The van der Waals surface area contributed by atoms with Crippen molar-refractivity contribution in [1.29, 1.82) is 0 Å². The summed E-state index contributed by atoms with van der Waals surface area (Å²) in [5, 5.41) is 11.5. The largest absolute Gasteiger partial charge is 0.506 e. The van der Waals surface area contributed by atoms with E-state index >= 15 is 0 Å². The molecule has 0 bridgehead atoms. The molecule has 98 valence electrons. The number of pyridine rings is 1. The van der Waals surface area contributed by atoms with Crippen molar-refractivity contribution < 1.29 is 5.11 Å². The molecule has 0 radical (unpaired) electrons. The molecule has 0 saturated carbocycles. The molecule has 20 heavy (non-hydrogen) atoms. The van der Waals surface area contributed by atoms with Crippen molar-refractivity contribution >= 4 is 21.8 Å². The first-order valence-corrected chi connectivity index (χ1v) is 6.39. The number of rotatable bonds is 0. The Hall–Kier alpha value is -2.81. The molecule has 0 spiro atoms. The number of fused-ring (bicyclic) bond motifs is 2. The van der Waals surface area contributed by atoms with Crippen molar-refractivity contribution in [3.05, 3.63) is 73.1 Å². The number of aromatic hydroxyl groups is 1. The second kappa shape index (κ2) is 5.45. The number of nitrogens with zero attached hydrogens (tertiary/aromatic N) is 1. The molecule has 3 heteroatoms. The maximum atomic E-state index is 9.31. The summed E-state index contributed by atoms with van der Waals surface area (Å²) in [4.78, 5) is 7.15. The fourth-order valence-corrected chi connectivity index (χ4v) is 2.08. The molecule has 0 atom stereocenters. The van der Waals surface area contributed by atoms with E-state index in [1.165, 1.54) is 10.9 Å². The number of benzene rings is 2. The van der Waals surface area contributed by atoms with E-state index in [9.17, 15) is 5.11 Å². The number of H-pyrrole nitrogens is 1. The van der Waals surface area contributed by atoms with Gasteiger partial charge in [0.15, 0.2) is 0 Å². The van der Waals surface area contributed by atoms with Crippen LogP contribution in [0.15, 0.2) is 73.1 Å². The molecule has 3 nitrogen and oxygen atoms in total. The summed E-state index contributed by atoms with van der Waals surface area (Å²) in [6, 6.07) is 19.4. The van der Waals surface area contributed by atoms with Crippen LogP contribution in [0.4, 0.5) is 0 Å². The Morgan fingerprint density at radius 1 is 0.800 bits per heavy atom. The van der Waals surface area contributed by atoms with E-state index in [0.29, 0.717) is 5.52 Å². The highest BCUT2D eigenvalue weighted by Crippen LogP contribution is 2.20. The lowest BCUT2D eigenvalue weighted by Gasteiger charge is -1.96. The van der Waals surface area contributed by atoms with Crippen LogP contribution < -0.4 is 0 Å². The fourth-order valence-electron chi connectivity index (χ4n) is 2.08. The van der Waals surface area contributed by atoms with Crippen molar-refractivity contribution in [1.82, 2.24) is 9.97 Å². The lowest BCUT2D eigenvalue weighted by molar-refractivity contribution is 0.480. The molecular formula is C17H14N2O. The van der Waals surface area contributed by atoms with Gasteiger partial charge in [0.1, 0.15) is 11.3 Å². The van der Waals surface area contributed by atoms with Crippen molar-refractivity contribution in [3.8, 4) is 5.75 Å². The van der Waals surface area contributed by atoms with Gasteiger partial charge in [0, 0.05) is 23.3 Å². The Balaban J connectivity index is 0.000000123. The number of nitrogens with one attached hydrogen (secondary N) is 1. The van der Waals surface area contributed by atoms with Crippen LogP contribution in [-0.4, -0.2) is 15.1 Å². The minimum absolute atomic E-state index is 0.239. The summed E-state index contributed by atoms with van der Waals surface area (Å²) >= 11 is 0. The number of aromatic amines is 1. The Labute approximate surface area is 116 Å². The summed E-state index contributed by atoms with van der Waals surface area (Å²) in [6.45, 7) is 0. The van der Waals surface area contributed by atoms with Crippen LogP contribution in [0.2, 0.25) is 0 Å². The maximum absolute atomic E-state index is 9.31. The highest BCUT2D eigenvalue weighted by atomic mass is 16.3. The Bertz CT molecular complexity index is 801. The quantitative estimate of drug-likeness (QED) is 0.501. The molecule has 4 aromatic rings. The lowest BCUT2D eigenvalue weighted by Crippen LogP contribution is -1.76. The zero-order valence-electron chi connectivity index (χ0n) is 10.8. The van der Waals surface area contributed by atoms with Crippen LogP contribution in [0, 0.1) is 0 Å². The van der Waals surface area contributed by atoms with Gasteiger partial charge in [-0.1, -0.05) is 36.4 Å². The normalized spacial score (nSPS) is 10.2. The van der Waals surface area contributed by atoms with Gasteiger partial charge in [-0.15, -0.1) is 0 Å². The van der Waals surface area contributed by atoms with Crippen LogP contribution in [0.3, 0.4) is 0 Å². The third-order valence-corrected chi connectivity index (χ3v) is 3.07. The third kappa shape index (κ3) is 2.47. The van der Waals surface area contributed by atoms with Crippen LogP contribution in [0.1, 0.15) is 0 Å². The Kier molecular flexibility index (Phi) is 3.33. The smallest absolute Gasteiger partial charge is 0.141 e. The maximum Gasteiger partial charge on any atom is 0.141 e. The first-order chi connectivity index (χ1) is 9.84. The van der Waals surface area contributed by atoms with Gasteiger partial charge < -0.3 is 10.1 Å². The highest BCUT2D eigenvalue weighted by Gasteiger charge is 1.96. The van der Waals surface area contributed by atoms with E-state index in [-0.39, 0.29) is 5.75 Å². The molecular weight excluding hydrogens is 248 g/mol. The van der Waals surface area contributed by atoms with Gasteiger partial charge >= 0.3 is 0 Å². The van der Waals surface area contributed by atoms with Gasteiger partial charge in [-0.05, 0) is 29.7 Å². The molecule has 0 aliphatic heterocycles. The molecule has 0 aliphatic rings. The summed E-state index contributed by atoms with van der Waals surface area (Å²) in [5.41, 5.74) is 1.87. The van der Waals surface area contributed by atoms with Crippen LogP contribution in [-0.2, 0) is 0 Å². The van der Waals surface area contributed by atoms with E-state index in [1.54, 1.807) is 18.3 Å². The molecule has 2 heterocycles. The monoisotopic (exact) mass is 262 g/mol. The summed E-state index contributed by atoms with van der Waals surface area (Å²) in [6.07, 6.45) is 3.62. The van der Waals surface area contributed by atoms with Gasteiger partial charge in [0.05, 0.1) is 0 Å². The van der Waals surface area contributed by atoms with E-state index in [1.807, 2.05) is 36.5 Å². The predicted molar refractivity (Wildman–Crippen MR) is 81.7 cm³/mol. The van der Waals surface area contributed by atoms with E-state index < -0.39 is 0 Å². The van der Waals surface area contributed by atoms with Gasteiger partial charge in [0.2, 0.25) is 0 Å². The Morgan fingerprint density at radius 3 is 2.45 bits per heavy atom. The van der Waals surface area contributed by atoms with E-state index in [0.717, 1.165) is 5.39 Å². The summed E-state index contributed by atoms with van der Waals surface area (Å²) < 4.78 is 0.